The molecule has 3 aromatic carbocycles. The summed E-state index contributed by atoms with van der Waals surface area (Å²) in [4.78, 5) is 12.3. The molecule has 0 saturated heterocycles. The highest BCUT2D eigenvalue weighted by Gasteiger charge is 2.33. The van der Waals surface area contributed by atoms with Crippen LogP contribution in [0.25, 0.3) is 11.6 Å². The van der Waals surface area contributed by atoms with Crippen molar-refractivity contribution in [2.24, 2.45) is 0 Å². The van der Waals surface area contributed by atoms with Crippen molar-refractivity contribution in [3.8, 4) is 5.75 Å². The van der Waals surface area contributed by atoms with Crippen LogP contribution in [0.2, 0.25) is 10.0 Å². The lowest BCUT2D eigenvalue weighted by molar-refractivity contribution is -0.137. The fourth-order valence-electron chi connectivity index (χ4n) is 3.25. The van der Waals surface area contributed by atoms with Crippen molar-refractivity contribution >= 4 is 46.4 Å². The zero-order valence-corrected chi connectivity index (χ0v) is 17.6. The van der Waals surface area contributed by atoms with Gasteiger partial charge in [-0.2, -0.15) is 13.2 Å². The predicted octanol–water partition coefficient (Wildman–Crippen LogP) is 7.22. The van der Waals surface area contributed by atoms with Gasteiger partial charge in [-0.05, 0) is 42.0 Å². The zero-order chi connectivity index (χ0) is 23.0. The van der Waals surface area contributed by atoms with Crippen molar-refractivity contribution in [3.63, 3.8) is 0 Å². The molecule has 3 nitrogen and oxygen atoms in total. The van der Waals surface area contributed by atoms with Gasteiger partial charge in [0.2, 0.25) is 0 Å². The van der Waals surface area contributed by atoms with Gasteiger partial charge in [-0.25, -0.2) is 4.39 Å². The van der Waals surface area contributed by atoms with Gasteiger partial charge in [-0.1, -0.05) is 47.5 Å². The molecule has 1 aliphatic heterocycles. The van der Waals surface area contributed by atoms with E-state index in [-0.39, 0.29) is 33.7 Å². The van der Waals surface area contributed by atoms with Gasteiger partial charge in [0.1, 0.15) is 12.4 Å². The summed E-state index contributed by atoms with van der Waals surface area (Å²) >= 11 is 12.6. The molecule has 0 aliphatic carbocycles. The fraction of sp³-hybridized carbons (Fsp3) is 0.0870. The van der Waals surface area contributed by atoms with Crippen LogP contribution < -0.4 is 10.1 Å². The van der Waals surface area contributed by atoms with Gasteiger partial charge < -0.3 is 10.1 Å². The molecule has 0 spiro atoms. The number of hydrogen-bond donors (Lipinski definition) is 1. The van der Waals surface area contributed by atoms with E-state index < -0.39 is 23.5 Å². The third kappa shape index (κ3) is 4.45. The fourth-order valence-corrected chi connectivity index (χ4v) is 3.86. The number of amides is 1. The van der Waals surface area contributed by atoms with Crippen molar-refractivity contribution in [2.75, 3.05) is 5.32 Å². The monoisotopic (exact) mass is 481 g/mol. The van der Waals surface area contributed by atoms with E-state index in [0.717, 1.165) is 12.1 Å². The summed E-state index contributed by atoms with van der Waals surface area (Å²) in [7, 11) is 0. The number of fused-ring (bicyclic) bond motifs is 1. The third-order valence-corrected chi connectivity index (χ3v) is 5.35. The Balaban J connectivity index is 1.62. The molecule has 4 rings (SSSR count). The van der Waals surface area contributed by atoms with E-state index in [4.69, 9.17) is 27.9 Å². The second-order valence-electron chi connectivity index (χ2n) is 6.96. The quantitative estimate of drug-likeness (QED) is 0.315. The Hall–Kier alpha value is -3.03. The summed E-state index contributed by atoms with van der Waals surface area (Å²) in [6.07, 6.45) is -3.06. The standard InChI is InChI=1S/C23H13Cl2F4NO2/c24-17-8-12(9-18(25)21(17)32-11-13-3-1-2-4-19(13)26)7-16-15-6-5-14(23(27,28)29)10-20(15)30-22(16)31/h1-10H,11H2,(H,30,31)/b16-7-. The van der Waals surface area contributed by atoms with E-state index in [2.05, 4.69) is 5.32 Å². The van der Waals surface area contributed by atoms with E-state index in [1.807, 2.05) is 0 Å². The molecule has 0 fully saturated rings. The Morgan fingerprint density at radius 2 is 1.69 bits per heavy atom. The molecule has 1 N–H and O–H groups in total. The molecule has 164 valence electrons. The Kier molecular flexibility index (Phi) is 5.88. The molecular formula is C23H13Cl2F4NO2. The second-order valence-corrected chi connectivity index (χ2v) is 7.78. The summed E-state index contributed by atoms with van der Waals surface area (Å²) < 4.78 is 58.1. The average molecular weight is 482 g/mol. The van der Waals surface area contributed by atoms with Crippen LogP contribution in [-0.2, 0) is 17.6 Å². The highest BCUT2D eigenvalue weighted by atomic mass is 35.5. The minimum atomic E-state index is -4.52. The van der Waals surface area contributed by atoms with Gasteiger partial charge in [-0.3, -0.25) is 4.79 Å². The normalized spacial score (nSPS) is 14.4. The number of benzene rings is 3. The number of nitrogens with one attached hydrogen (secondary N) is 1. The number of halogens is 6. The van der Waals surface area contributed by atoms with Crippen LogP contribution in [0.15, 0.2) is 54.6 Å². The topological polar surface area (TPSA) is 38.3 Å². The molecule has 0 atom stereocenters. The number of hydrogen-bond acceptors (Lipinski definition) is 2. The van der Waals surface area contributed by atoms with Crippen LogP contribution in [0.1, 0.15) is 22.3 Å². The molecule has 1 aliphatic rings. The van der Waals surface area contributed by atoms with Gasteiger partial charge in [0, 0.05) is 22.4 Å². The molecule has 9 heteroatoms. The van der Waals surface area contributed by atoms with Crippen LogP contribution in [0, 0.1) is 5.82 Å². The molecular weight excluding hydrogens is 469 g/mol. The lowest BCUT2D eigenvalue weighted by atomic mass is 10.0. The molecule has 0 aromatic heterocycles. The van der Waals surface area contributed by atoms with E-state index >= 15 is 0 Å². The highest BCUT2D eigenvalue weighted by Crippen LogP contribution is 2.40. The maximum absolute atomic E-state index is 13.8. The number of anilines is 1. The smallest absolute Gasteiger partial charge is 0.416 e. The Morgan fingerprint density at radius 1 is 1.00 bits per heavy atom. The van der Waals surface area contributed by atoms with Gasteiger partial charge in [0.05, 0.1) is 15.6 Å². The first-order chi connectivity index (χ1) is 15.1. The van der Waals surface area contributed by atoms with Crippen LogP contribution in [0.3, 0.4) is 0 Å². The Labute approximate surface area is 190 Å². The lowest BCUT2D eigenvalue weighted by Gasteiger charge is -2.12. The van der Waals surface area contributed by atoms with Crippen LogP contribution in [-0.4, -0.2) is 5.91 Å². The highest BCUT2D eigenvalue weighted by molar-refractivity contribution is 6.38. The Morgan fingerprint density at radius 3 is 2.34 bits per heavy atom. The number of rotatable bonds is 4. The van der Waals surface area contributed by atoms with E-state index in [1.165, 1.54) is 30.3 Å². The minimum absolute atomic E-state index is 0.0677. The van der Waals surface area contributed by atoms with Crippen LogP contribution >= 0.6 is 23.2 Å². The van der Waals surface area contributed by atoms with Crippen molar-refractivity contribution < 1.29 is 27.1 Å². The van der Waals surface area contributed by atoms with E-state index in [0.29, 0.717) is 16.7 Å². The van der Waals surface area contributed by atoms with Gasteiger partial charge >= 0.3 is 6.18 Å². The first kappa shape index (κ1) is 22.2. The number of carbonyl (C=O) groups is 1. The molecule has 1 heterocycles. The number of carbonyl (C=O) groups excluding carboxylic acids is 1. The lowest BCUT2D eigenvalue weighted by Crippen LogP contribution is -2.06. The maximum atomic E-state index is 13.8. The van der Waals surface area contributed by atoms with Crippen molar-refractivity contribution in [1.29, 1.82) is 0 Å². The third-order valence-electron chi connectivity index (χ3n) is 4.79. The average Bonchev–Trinajstić information content (AvgIpc) is 3.02. The van der Waals surface area contributed by atoms with Crippen LogP contribution in [0.4, 0.5) is 23.2 Å². The molecule has 0 radical (unpaired) electrons. The minimum Gasteiger partial charge on any atom is -0.486 e. The summed E-state index contributed by atoms with van der Waals surface area (Å²) in [5.41, 5.74) is 0.466. The summed E-state index contributed by atoms with van der Waals surface area (Å²) in [6, 6.07) is 12.1. The summed E-state index contributed by atoms with van der Waals surface area (Å²) in [5.74, 6) is -0.836. The molecule has 0 unspecified atom stereocenters. The second kappa shape index (κ2) is 8.48. The molecule has 0 saturated carbocycles. The van der Waals surface area contributed by atoms with Gasteiger partial charge in [-0.15, -0.1) is 0 Å². The van der Waals surface area contributed by atoms with Gasteiger partial charge in [0.15, 0.2) is 5.75 Å². The predicted molar refractivity (Wildman–Crippen MR) is 115 cm³/mol. The SMILES string of the molecule is O=C1Nc2cc(C(F)(F)F)ccc2/C1=C/c1cc(Cl)c(OCc2ccccc2F)c(Cl)c1. The molecule has 1 amide bonds. The molecule has 3 aromatic rings. The first-order valence-electron chi connectivity index (χ1n) is 9.23. The zero-order valence-electron chi connectivity index (χ0n) is 16.1. The number of ether oxygens (including phenoxy) is 1. The van der Waals surface area contributed by atoms with E-state index in [9.17, 15) is 22.4 Å². The van der Waals surface area contributed by atoms with E-state index in [1.54, 1.807) is 18.2 Å². The van der Waals surface area contributed by atoms with Crippen molar-refractivity contribution in [1.82, 2.24) is 0 Å². The first-order valence-corrected chi connectivity index (χ1v) is 9.99. The largest absolute Gasteiger partial charge is 0.486 e. The molecule has 0 bridgehead atoms. The van der Waals surface area contributed by atoms with Crippen molar-refractivity contribution in [3.05, 3.63) is 92.7 Å². The Bertz CT molecular complexity index is 1230. The maximum Gasteiger partial charge on any atom is 0.416 e. The molecule has 32 heavy (non-hydrogen) atoms. The number of alkyl halides is 3. The van der Waals surface area contributed by atoms with Crippen LogP contribution in [0.5, 0.6) is 5.75 Å². The summed E-state index contributed by atoms with van der Waals surface area (Å²) in [5, 5.41) is 2.69. The van der Waals surface area contributed by atoms with Crippen molar-refractivity contribution in [2.45, 2.75) is 12.8 Å². The van der Waals surface area contributed by atoms with Gasteiger partial charge in [0.25, 0.3) is 5.91 Å². The summed E-state index contributed by atoms with van der Waals surface area (Å²) in [6.45, 7) is -0.0934.